The molecule has 0 N–H and O–H groups in total. The highest BCUT2D eigenvalue weighted by Gasteiger charge is 2.20. The van der Waals surface area contributed by atoms with Gasteiger partial charge in [-0.3, -0.25) is 4.79 Å². The maximum absolute atomic E-state index is 12.2. The van der Waals surface area contributed by atoms with E-state index in [1.54, 1.807) is 17.0 Å². The van der Waals surface area contributed by atoms with Crippen LogP contribution >= 0.6 is 0 Å². The normalized spacial score (nSPS) is 15.3. The van der Waals surface area contributed by atoms with Gasteiger partial charge < -0.3 is 18.6 Å². The summed E-state index contributed by atoms with van der Waals surface area (Å²) in [6, 6.07) is 15.4. The maximum Gasteiger partial charge on any atom is 0.326 e. The summed E-state index contributed by atoms with van der Waals surface area (Å²) in [5, 5.41) is 4.01. The predicted molar refractivity (Wildman–Crippen MR) is 105 cm³/mol. The fourth-order valence-electron chi connectivity index (χ4n) is 3.55. The predicted octanol–water partition coefficient (Wildman–Crippen LogP) is 3.76. The number of fused-ring (bicyclic) bond motifs is 2. The molecular formula is C22H19N3O4. The molecule has 0 spiro atoms. The van der Waals surface area contributed by atoms with Crippen molar-refractivity contribution in [2.24, 2.45) is 0 Å². The number of hydrogen-bond donors (Lipinski definition) is 0. The topological polar surface area (TPSA) is 79.4 Å². The molecule has 29 heavy (non-hydrogen) atoms. The third-order valence-electron chi connectivity index (χ3n) is 4.95. The highest BCUT2D eigenvalue weighted by molar-refractivity contribution is 5.78. The minimum absolute atomic E-state index is 0.0490. The molecule has 1 aliphatic heterocycles. The average molecular weight is 389 g/mol. The van der Waals surface area contributed by atoms with E-state index in [0.717, 1.165) is 28.8 Å². The molecule has 2 aromatic heterocycles. The zero-order valence-electron chi connectivity index (χ0n) is 15.9. The van der Waals surface area contributed by atoms with E-state index in [9.17, 15) is 4.79 Å². The van der Waals surface area contributed by atoms with E-state index in [2.05, 4.69) is 10.1 Å². The molecule has 3 heterocycles. The molecule has 2 aromatic carbocycles. The number of hydrogen-bond acceptors (Lipinski definition) is 6. The van der Waals surface area contributed by atoms with Gasteiger partial charge in [0.2, 0.25) is 0 Å². The molecule has 0 bridgehead atoms. The van der Waals surface area contributed by atoms with E-state index in [1.807, 2.05) is 49.4 Å². The second-order valence-corrected chi connectivity index (χ2v) is 7.16. The second kappa shape index (κ2) is 7.09. The summed E-state index contributed by atoms with van der Waals surface area (Å²) in [5.74, 6) is 1.13. The van der Waals surface area contributed by atoms with Crippen molar-refractivity contribution >= 4 is 17.0 Å². The summed E-state index contributed by atoms with van der Waals surface area (Å²) < 4.78 is 18.3. The van der Waals surface area contributed by atoms with Crippen LogP contribution in [0.5, 0.6) is 5.75 Å². The number of carbonyl (C=O) groups is 1. The van der Waals surface area contributed by atoms with Gasteiger partial charge in [0.15, 0.2) is 5.76 Å². The molecule has 0 radical (unpaired) electrons. The first-order valence-electron chi connectivity index (χ1n) is 9.47. The Morgan fingerprint density at radius 1 is 1.24 bits per heavy atom. The number of rotatable bonds is 5. The summed E-state index contributed by atoms with van der Waals surface area (Å²) in [4.78, 5) is 16.5. The van der Waals surface area contributed by atoms with Crippen molar-refractivity contribution in [2.45, 2.75) is 32.6 Å². The zero-order chi connectivity index (χ0) is 19.8. The Morgan fingerprint density at radius 3 is 3.07 bits per heavy atom. The lowest BCUT2D eigenvalue weighted by molar-refractivity contribution is -0.145. The third-order valence-corrected chi connectivity index (χ3v) is 4.95. The van der Waals surface area contributed by atoms with Crippen molar-refractivity contribution in [3.8, 4) is 17.1 Å². The van der Waals surface area contributed by atoms with Gasteiger partial charge in [-0.2, -0.15) is 0 Å². The first kappa shape index (κ1) is 17.5. The summed E-state index contributed by atoms with van der Waals surface area (Å²) in [6.45, 7) is 2.19. The summed E-state index contributed by atoms with van der Waals surface area (Å²) >= 11 is 0. The van der Waals surface area contributed by atoms with Gasteiger partial charge >= 0.3 is 5.97 Å². The van der Waals surface area contributed by atoms with Crippen LogP contribution in [0.2, 0.25) is 0 Å². The fourth-order valence-corrected chi connectivity index (χ4v) is 3.55. The average Bonchev–Trinajstić information content (AvgIpc) is 3.44. The van der Waals surface area contributed by atoms with Gasteiger partial charge in [-0.1, -0.05) is 29.4 Å². The molecule has 0 fully saturated rings. The number of nitrogens with zero attached hydrogens (tertiary/aromatic N) is 3. The second-order valence-electron chi connectivity index (χ2n) is 7.16. The van der Waals surface area contributed by atoms with E-state index in [0.29, 0.717) is 11.5 Å². The lowest BCUT2D eigenvalue weighted by atomic mass is 10.1. The van der Waals surface area contributed by atoms with Crippen LogP contribution in [0.15, 0.2) is 59.4 Å². The molecule has 7 heteroatoms. The minimum Gasteiger partial charge on any atom is -0.490 e. The van der Waals surface area contributed by atoms with Crippen LogP contribution in [-0.2, 0) is 29.1 Å². The van der Waals surface area contributed by atoms with Crippen molar-refractivity contribution < 1.29 is 18.8 Å². The van der Waals surface area contributed by atoms with E-state index < -0.39 is 0 Å². The molecule has 0 saturated heterocycles. The Morgan fingerprint density at radius 2 is 2.14 bits per heavy atom. The first-order valence-corrected chi connectivity index (χ1v) is 9.47. The van der Waals surface area contributed by atoms with Crippen LogP contribution in [0.1, 0.15) is 18.2 Å². The molecule has 4 aromatic rings. The Balaban J connectivity index is 1.23. The number of esters is 1. The molecular weight excluding hydrogens is 370 g/mol. The highest BCUT2D eigenvalue weighted by Crippen LogP contribution is 2.33. The van der Waals surface area contributed by atoms with Gasteiger partial charge in [-0.25, -0.2) is 4.98 Å². The summed E-state index contributed by atoms with van der Waals surface area (Å²) in [6.07, 6.45) is 2.74. The zero-order valence-corrected chi connectivity index (χ0v) is 15.9. The smallest absolute Gasteiger partial charge is 0.326 e. The maximum atomic E-state index is 12.2. The molecule has 1 unspecified atom stereocenters. The Bertz CT molecular complexity index is 1190. The van der Waals surface area contributed by atoms with Gasteiger partial charge in [-0.05, 0) is 30.7 Å². The van der Waals surface area contributed by atoms with E-state index in [1.165, 1.54) is 5.56 Å². The standard InChI is InChI=1S/C22H19N3O4/c1-14-8-15-6-7-16(9-20(15)28-14)21-10-17(24-29-21)12-27-22(26)11-25-13-23-18-4-2-3-5-19(18)25/h2-7,9-10,13-14H,8,11-12H2,1H3. The molecule has 0 saturated carbocycles. The molecule has 0 aliphatic carbocycles. The van der Waals surface area contributed by atoms with Crippen LogP contribution in [0, 0.1) is 0 Å². The largest absolute Gasteiger partial charge is 0.490 e. The van der Waals surface area contributed by atoms with Crippen LogP contribution in [0.25, 0.3) is 22.4 Å². The fraction of sp³-hybridized carbons (Fsp3) is 0.227. The summed E-state index contributed by atoms with van der Waals surface area (Å²) in [5.41, 5.74) is 4.36. The van der Waals surface area contributed by atoms with Crippen molar-refractivity contribution in [3.05, 3.63) is 66.1 Å². The number of benzene rings is 2. The van der Waals surface area contributed by atoms with Crippen molar-refractivity contribution in [2.75, 3.05) is 0 Å². The van der Waals surface area contributed by atoms with Gasteiger partial charge in [0.25, 0.3) is 0 Å². The lowest BCUT2D eigenvalue weighted by Crippen LogP contribution is -2.12. The Labute approximate surface area is 166 Å². The van der Waals surface area contributed by atoms with Crippen LogP contribution < -0.4 is 4.74 Å². The van der Waals surface area contributed by atoms with Crippen molar-refractivity contribution in [1.82, 2.24) is 14.7 Å². The minimum atomic E-state index is -0.363. The van der Waals surface area contributed by atoms with E-state index in [-0.39, 0.29) is 25.2 Å². The van der Waals surface area contributed by atoms with Crippen molar-refractivity contribution in [1.29, 1.82) is 0 Å². The molecule has 5 rings (SSSR count). The monoisotopic (exact) mass is 389 g/mol. The first-order chi connectivity index (χ1) is 14.2. The number of aromatic nitrogens is 3. The molecule has 0 amide bonds. The van der Waals surface area contributed by atoms with Crippen molar-refractivity contribution in [3.63, 3.8) is 0 Å². The lowest BCUT2D eigenvalue weighted by Gasteiger charge is -2.04. The van der Waals surface area contributed by atoms with Gasteiger partial charge in [0, 0.05) is 18.1 Å². The molecule has 146 valence electrons. The molecule has 1 atom stereocenters. The van der Waals surface area contributed by atoms with Crippen LogP contribution in [0.4, 0.5) is 0 Å². The number of carbonyl (C=O) groups excluding carboxylic acids is 1. The molecule has 7 nitrogen and oxygen atoms in total. The highest BCUT2D eigenvalue weighted by atomic mass is 16.5. The quantitative estimate of drug-likeness (QED) is 0.484. The number of para-hydroxylation sites is 2. The van der Waals surface area contributed by atoms with E-state index in [4.69, 9.17) is 14.0 Å². The Hall–Kier alpha value is -3.61. The number of ether oxygens (including phenoxy) is 2. The number of imidazole rings is 1. The van der Waals surface area contributed by atoms with Gasteiger partial charge in [0.05, 0.1) is 17.4 Å². The SMILES string of the molecule is CC1Cc2ccc(-c3cc(COC(=O)Cn4cnc5ccccc54)no3)cc2O1. The van der Waals surface area contributed by atoms with E-state index >= 15 is 0 Å². The van der Waals surface area contributed by atoms with Gasteiger partial charge in [-0.15, -0.1) is 0 Å². The molecule has 1 aliphatic rings. The summed E-state index contributed by atoms with van der Waals surface area (Å²) in [7, 11) is 0. The van der Waals surface area contributed by atoms with Crippen LogP contribution in [0.3, 0.4) is 0 Å². The van der Waals surface area contributed by atoms with Gasteiger partial charge in [0.1, 0.15) is 30.7 Å². The van der Waals surface area contributed by atoms with Crippen LogP contribution in [-0.4, -0.2) is 26.8 Å². The third kappa shape index (κ3) is 3.47. The Kier molecular flexibility index (Phi) is 4.27.